The molecule has 0 saturated heterocycles. The van der Waals surface area contributed by atoms with E-state index in [0.717, 1.165) is 11.5 Å². The summed E-state index contributed by atoms with van der Waals surface area (Å²) in [7, 11) is -3.56. The second-order valence-electron chi connectivity index (χ2n) is 5.85. The van der Waals surface area contributed by atoms with E-state index < -0.39 is 10.0 Å². The van der Waals surface area contributed by atoms with Crippen LogP contribution in [0.2, 0.25) is 0 Å². The molecule has 10 heteroatoms. The lowest BCUT2D eigenvalue weighted by Crippen LogP contribution is -2.11. The van der Waals surface area contributed by atoms with Gasteiger partial charge in [-0.3, -0.25) is 9.29 Å². The van der Waals surface area contributed by atoms with Crippen molar-refractivity contribution in [2.24, 2.45) is 0 Å². The molecule has 8 nitrogen and oxygen atoms in total. The Hall–Kier alpha value is -3.24. The summed E-state index contributed by atoms with van der Waals surface area (Å²) in [5, 5.41) is 4.91. The zero-order chi connectivity index (χ0) is 19.6. The van der Waals surface area contributed by atoms with Crippen molar-refractivity contribution in [3.8, 4) is 5.82 Å². The van der Waals surface area contributed by atoms with Gasteiger partial charge < -0.3 is 5.32 Å². The van der Waals surface area contributed by atoms with Crippen molar-refractivity contribution < 1.29 is 8.42 Å². The fourth-order valence-corrected chi connectivity index (χ4v) is 4.61. The zero-order valence-electron chi connectivity index (χ0n) is 14.8. The molecular weight excluding hydrogens is 396 g/mol. The molecule has 0 amide bonds. The number of rotatable bonds is 6. The summed E-state index contributed by atoms with van der Waals surface area (Å²) >= 11 is 1.17. The van der Waals surface area contributed by atoms with Crippen molar-refractivity contribution in [2.45, 2.75) is 11.1 Å². The molecule has 4 rings (SSSR count). The number of hydrogen-bond donors (Lipinski definition) is 2. The minimum atomic E-state index is -3.56. The van der Waals surface area contributed by atoms with Crippen LogP contribution in [-0.2, 0) is 10.0 Å². The molecule has 28 heavy (non-hydrogen) atoms. The summed E-state index contributed by atoms with van der Waals surface area (Å²) < 4.78 is 29.2. The summed E-state index contributed by atoms with van der Waals surface area (Å²) in [4.78, 5) is 12.7. The van der Waals surface area contributed by atoms with Gasteiger partial charge >= 0.3 is 0 Å². The van der Waals surface area contributed by atoms with Gasteiger partial charge in [0.15, 0.2) is 0 Å². The highest BCUT2D eigenvalue weighted by atomic mass is 32.2. The number of nitrogens with zero attached hydrogens (tertiary/aromatic N) is 4. The second kappa shape index (κ2) is 7.41. The quantitative estimate of drug-likeness (QED) is 0.502. The Balaban J connectivity index is 1.49. The lowest BCUT2D eigenvalue weighted by molar-refractivity contribution is 0.603. The summed E-state index contributed by atoms with van der Waals surface area (Å²) in [6.07, 6.45) is 5.01. The van der Waals surface area contributed by atoms with E-state index in [-0.39, 0.29) is 4.21 Å². The Kier molecular flexibility index (Phi) is 4.80. The maximum Gasteiger partial charge on any atom is 0.271 e. The molecule has 0 radical (unpaired) electrons. The number of nitrogens with one attached hydrogen (secondary N) is 2. The van der Waals surface area contributed by atoms with Gasteiger partial charge in [0.05, 0.1) is 0 Å². The molecule has 0 atom stereocenters. The molecule has 1 aromatic carbocycles. The van der Waals surface area contributed by atoms with E-state index in [9.17, 15) is 8.42 Å². The van der Waals surface area contributed by atoms with Crippen LogP contribution in [-0.4, -0.2) is 27.9 Å². The third-order valence-electron chi connectivity index (χ3n) is 3.89. The van der Waals surface area contributed by atoms with E-state index in [1.54, 1.807) is 48.0 Å². The van der Waals surface area contributed by atoms with Gasteiger partial charge in [-0.15, -0.1) is 11.3 Å². The molecule has 0 aliphatic rings. The number of benzene rings is 1. The van der Waals surface area contributed by atoms with Crippen LogP contribution in [0.5, 0.6) is 0 Å². The minimum Gasteiger partial charge on any atom is -0.340 e. The maximum atomic E-state index is 12.3. The molecule has 2 N–H and O–H groups in total. The first kappa shape index (κ1) is 18.1. The van der Waals surface area contributed by atoms with Crippen molar-refractivity contribution in [1.29, 1.82) is 0 Å². The highest BCUT2D eigenvalue weighted by molar-refractivity contribution is 7.94. The predicted molar refractivity (Wildman–Crippen MR) is 109 cm³/mol. The molecule has 0 aliphatic heterocycles. The molecule has 0 saturated carbocycles. The average Bonchev–Trinajstić information content (AvgIpc) is 3.35. The van der Waals surface area contributed by atoms with Crippen LogP contribution in [0.25, 0.3) is 5.82 Å². The fraction of sp³-hybridized carbons (Fsp3) is 0.0556. The summed E-state index contributed by atoms with van der Waals surface area (Å²) in [6, 6.07) is 12.0. The number of thiophene rings is 1. The van der Waals surface area contributed by atoms with Crippen LogP contribution in [0.4, 0.5) is 17.2 Å². The predicted octanol–water partition coefficient (Wildman–Crippen LogP) is 3.58. The van der Waals surface area contributed by atoms with Gasteiger partial charge in [-0.25, -0.2) is 23.4 Å². The lowest BCUT2D eigenvalue weighted by atomic mass is 10.3. The van der Waals surface area contributed by atoms with Crippen molar-refractivity contribution in [1.82, 2.24) is 19.5 Å². The standard InChI is InChI=1S/C18H16N6O2S2/c1-13-19-8-9-24(13)17-11-16(20-12-21-17)22-14-4-6-15(7-5-14)23-28(25,26)18-3-2-10-27-18/h2-12,23H,1H3,(H,20,21,22). The molecule has 0 bridgehead atoms. The second-order valence-corrected chi connectivity index (χ2v) is 8.70. The summed E-state index contributed by atoms with van der Waals surface area (Å²) in [5.41, 5.74) is 1.25. The maximum absolute atomic E-state index is 12.3. The van der Waals surface area contributed by atoms with Gasteiger partial charge in [0.2, 0.25) is 0 Å². The number of anilines is 3. The lowest BCUT2D eigenvalue weighted by Gasteiger charge is -2.10. The Morgan fingerprint density at radius 2 is 1.82 bits per heavy atom. The van der Waals surface area contributed by atoms with Crippen LogP contribution < -0.4 is 10.0 Å². The fourth-order valence-electron chi connectivity index (χ4n) is 2.56. The van der Waals surface area contributed by atoms with Crippen LogP contribution >= 0.6 is 11.3 Å². The number of sulfonamides is 1. The topological polar surface area (TPSA) is 102 Å². The molecule has 0 spiro atoms. The van der Waals surface area contributed by atoms with Gasteiger partial charge in [-0.2, -0.15) is 0 Å². The van der Waals surface area contributed by atoms with Gasteiger partial charge in [0.25, 0.3) is 10.0 Å². The van der Waals surface area contributed by atoms with E-state index in [0.29, 0.717) is 17.3 Å². The number of aryl methyl sites for hydroxylation is 1. The molecular formula is C18H16N6O2S2. The number of hydrogen-bond acceptors (Lipinski definition) is 7. The molecule has 3 aromatic heterocycles. The van der Waals surface area contributed by atoms with Gasteiger partial charge in [0, 0.05) is 29.8 Å². The van der Waals surface area contributed by atoms with E-state index in [4.69, 9.17) is 0 Å². The van der Waals surface area contributed by atoms with E-state index in [1.807, 2.05) is 23.8 Å². The Bertz CT molecular complexity index is 1190. The van der Waals surface area contributed by atoms with Crippen LogP contribution in [0.3, 0.4) is 0 Å². The van der Waals surface area contributed by atoms with Crippen LogP contribution in [0, 0.1) is 6.92 Å². The highest BCUT2D eigenvalue weighted by Crippen LogP contribution is 2.23. The Labute approximate surface area is 166 Å². The zero-order valence-corrected chi connectivity index (χ0v) is 16.4. The number of aromatic nitrogens is 4. The smallest absolute Gasteiger partial charge is 0.271 e. The molecule has 0 fully saturated rings. The average molecular weight is 413 g/mol. The Morgan fingerprint density at radius 3 is 2.50 bits per heavy atom. The monoisotopic (exact) mass is 412 g/mol. The third kappa shape index (κ3) is 3.87. The van der Waals surface area contributed by atoms with Gasteiger partial charge in [-0.05, 0) is 42.6 Å². The van der Waals surface area contributed by atoms with Crippen molar-refractivity contribution in [2.75, 3.05) is 10.0 Å². The van der Waals surface area contributed by atoms with E-state index in [1.165, 1.54) is 17.7 Å². The first-order valence-electron chi connectivity index (χ1n) is 8.27. The third-order valence-corrected chi connectivity index (χ3v) is 6.67. The molecule has 0 aliphatic carbocycles. The highest BCUT2D eigenvalue weighted by Gasteiger charge is 2.14. The van der Waals surface area contributed by atoms with E-state index >= 15 is 0 Å². The minimum absolute atomic E-state index is 0.276. The van der Waals surface area contributed by atoms with Gasteiger partial charge in [-0.1, -0.05) is 6.07 Å². The Morgan fingerprint density at radius 1 is 1.04 bits per heavy atom. The van der Waals surface area contributed by atoms with Crippen molar-refractivity contribution in [3.63, 3.8) is 0 Å². The first-order valence-corrected chi connectivity index (χ1v) is 10.6. The normalized spacial score (nSPS) is 11.3. The first-order chi connectivity index (χ1) is 13.5. The largest absolute Gasteiger partial charge is 0.340 e. The van der Waals surface area contributed by atoms with Crippen molar-refractivity contribution >= 4 is 38.6 Å². The number of imidazole rings is 1. The van der Waals surface area contributed by atoms with Crippen LogP contribution in [0.15, 0.2) is 70.8 Å². The molecule has 4 aromatic rings. The summed E-state index contributed by atoms with van der Waals surface area (Å²) in [6.45, 7) is 1.89. The molecule has 0 unspecified atom stereocenters. The SMILES string of the molecule is Cc1nccn1-c1cc(Nc2ccc(NS(=O)(=O)c3cccs3)cc2)ncn1. The van der Waals surface area contributed by atoms with Crippen LogP contribution in [0.1, 0.15) is 5.82 Å². The van der Waals surface area contributed by atoms with Gasteiger partial charge in [0.1, 0.15) is 28.0 Å². The molecule has 142 valence electrons. The summed E-state index contributed by atoms with van der Waals surface area (Å²) in [5.74, 6) is 2.14. The van der Waals surface area contributed by atoms with E-state index in [2.05, 4.69) is 25.0 Å². The van der Waals surface area contributed by atoms with Crippen molar-refractivity contribution in [3.05, 3.63) is 72.4 Å². The molecule has 3 heterocycles.